The van der Waals surface area contributed by atoms with Crippen LogP contribution >= 0.6 is 35.8 Å². The molecule has 1 amide bonds. The number of benzene rings is 1. The number of aliphatic imine (C=N–C) groups is 1. The highest BCUT2D eigenvalue weighted by atomic mass is 35.5. The summed E-state index contributed by atoms with van der Waals surface area (Å²) in [4.78, 5) is 20.0. The number of halogens is 3. The standard InChI is InChI=1S/C22H27ClFN3OS.ClH/c1-27-17(8-20(28)25-19-7-16(23)2-3-18(19)24)12-29-21(27)26-22-9-13-4-14(10-22)6-15(5-13)11-22;/h2-3,7,13-15,17H,4-6,8-12H2,1H3,(H,25,28);1H. The van der Waals surface area contributed by atoms with E-state index in [2.05, 4.69) is 10.2 Å². The molecule has 1 aromatic rings. The Morgan fingerprint density at radius 3 is 2.53 bits per heavy atom. The third kappa shape index (κ3) is 4.33. The summed E-state index contributed by atoms with van der Waals surface area (Å²) in [6.07, 6.45) is 8.29. The molecule has 1 saturated heterocycles. The van der Waals surface area contributed by atoms with Crippen LogP contribution in [0.5, 0.6) is 0 Å². The predicted octanol–water partition coefficient (Wildman–Crippen LogP) is 5.60. The predicted molar refractivity (Wildman–Crippen MR) is 124 cm³/mol. The van der Waals surface area contributed by atoms with Gasteiger partial charge in [-0.2, -0.15) is 0 Å². The van der Waals surface area contributed by atoms with Gasteiger partial charge in [-0.15, -0.1) is 12.4 Å². The van der Waals surface area contributed by atoms with Crippen LogP contribution in [0.1, 0.15) is 44.9 Å². The molecule has 4 saturated carbocycles. The molecule has 0 aromatic heterocycles. The topological polar surface area (TPSA) is 44.7 Å². The van der Waals surface area contributed by atoms with Crippen molar-refractivity contribution in [2.45, 2.75) is 56.5 Å². The number of rotatable bonds is 4. The summed E-state index contributed by atoms with van der Waals surface area (Å²) in [5.74, 6) is 2.79. The zero-order valence-electron chi connectivity index (χ0n) is 17.1. The van der Waals surface area contributed by atoms with E-state index in [1.807, 2.05) is 7.05 Å². The molecule has 0 radical (unpaired) electrons. The van der Waals surface area contributed by atoms with Gasteiger partial charge in [-0.05, 0) is 74.5 Å². The van der Waals surface area contributed by atoms with Crippen LogP contribution in [0.2, 0.25) is 5.02 Å². The molecule has 1 N–H and O–H groups in total. The van der Waals surface area contributed by atoms with Gasteiger partial charge >= 0.3 is 0 Å². The number of nitrogens with zero attached hydrogens (tertiary/aromatic N) is 2. The lowest BCUT2D eigenvalue weighted by molar-refractivity contribution is -0.116. The van der Waals surface area contributed by atoms with Crippen molar-refractivity contribution in [3.05, 3.63) is 29.0 Å². The molecular formula is C22H28Cl2FN3OS. The highest BCUT2D eigenvalue weighted by molar-refractivity contribution is 8.14. The number of carbonyl (C=O) groups is 1. The zero-order valence-corrected chi connectivity index (χ0v) is 19.5. The van der Waals surface area contributed by atoms with Crippen LogP contribution in [0, 0.1) is 23.6 Å². The van der Waals surface area contributed by atoms with Crippen LogP contribution in [-0.2, 0) is 4.79 Å². The minimum absolute atomic E-state index is 0. The number of amides is 1. The molecule has 1 unspecified atom stereocenters. The van der Waals surface area contributed by atoms with Crippen LogP contribution in [0.3, 0.4) is 0 Å². The van der Waals surface area contributed by atoms with E-state index in [0.29, 0.717) is 11.4 Å². The lowest BCUT2D eigenvalue weighted by Gasteiger charge is -2.55. The maximum atomic E-state index is 13.9. The van der Waals surface area contributed by atoms with Gasteiger partial charge in [-0.1, -0.05) is 23.4 Å². The van der Waals surface area contributed by atoms with Crippen molar-refractivity contribution in [3.63, 3.8) is 0 Å². The Hall–Kier alpha value is -0.980. The van der Waals surface area contributed by atoms with Crippen molar-refractivity contribution in [1.29, 1.82) is 0 Å². The summed E-state index contributed by atoms with van der Waals surface area (Å²) in [5.41, 5.74) is 0.283. The van der Waals surface area contributed by atoms with E-state index in [-0.39, 0.29) is 35.6 Å². The summed E-state index contributed by atoms with van der Waals surface area (Å²) in [5, 5.41) is 4.15. The van der Waals surface area contributed by atoms with Crippen molar-refractivity contribution in [2.75, 3.05) is 18.1 Å². The van der Waals surface area contributed by atoms with E-state index in [9.17, 15) is 9.18 Å². The second-order valence-corrected chi connectivity index (χ2v) is 10.9. The third-order valence-corrected chi connectivity index (χ3v) is 8.64. The van der Waals surface area contributed by atoms with Gasteiger partial charge < -0.3 is 10.2 Å². The van der Waals surface area contributed by atoms with Crippen molar-refractivity contribution in [3.8, 4) is 0 Å². The van der Waals surface area contributed by atoms with Crippen molar-refractivity contribution >= 4 is 52.5 Å². The Bertz CT molecular complexity index is 830. The number of carbonyl (C=O) groups excluding carboxylic acids is 1. The summed E-state index contributed by atoms with van der Waals surface area (Å²) in [6.45, 7) is 0. The number of thioether (sulfide) groups is 1. The molecule has 1 heterocycles. The lowest BCUT2D eigenvalue weighted by atomic mass is 9.53. The average Bonchev–Trinajstić information content (AvgIpc) is 2.96. The minimum atomic E-state index is -0.471. The number of amidine groups is 1. The van der Waals surface area contributed by atoms with Crippen LogP contribution in [0.4, 0.5) is 10.1 Å². The quantitative estimate of drug-likeness (QED) is 0.621. The molecule has 5 fully saturated rings. The van der Waals surface area contributed by atoms with Crippen LogP contribution in [0.25, 0.3) is 0 Å². The highest BCUT2D eigenvalue weighted by Crippen LogP contribution is 2.57. The summed E-state index contributed by atoms with van der Waals surface area (Å²) in [7, 11) is 2.04. The molecule has 1 aliphatic heterocycles. The van der Waals surface area contributed by atoms with Gasteiger partial charge in [0.05, 0.1) is 11.2 Å². The molecule has 1 atom stereocenters. The van der Waals surface area contributed by atoms with E-state index >= 15 is 0 Å². The first-order valence-electron chi connectivity index (χ1n) is 10.6. The van der Waals surface area contributed by atoms with Gasteiger partial charge in [0.15, 0.2) is 5.17 Å². The second-order valence-electron chi connectivity index (χ2n) is 9.49. The van der Waals surface area contributed by atoms with E-state index in [1.165, 1.54) is 56.7 Å². The van der Waals surface area contributed by atoms with E-state index in [0.717, 1.165) is 28.7 Å². The molecule has 4 aliphatic carbocycles. The molecule has 8 heteroatoms. The Morgan fingerprint density at radius 1 is 1.27 bits per heavy atom. The molecule has 1 aromatic carbocycles. The SMILES string of the molecule is CN1C(=NC23CC4CC(CC(C4)C2)C3)SCC1CC(=O)Nc1cc(Cl)ccc1F.Cl. The van der Waals surface area contributed by atoms with Gasteiger partial charge in [0.1, 0.15) is 5.82 Å². The van der Waals surface area contributed by atoms with Crippen molar-refractivity contribution in [2.24, 2.45) is 22.7 Å². The van der Waals surface area contributed by atoms with Gasteiger partial charge in [0.2, 0.25) is 5.91 Å². The zero-order chi connectivity index (χ0) is 20.2. The highest BCUT2D eigenvalue weighted by Gasteiger charge is 2.51. The van der Waals surface area contributed by atoms with E-state index in [1.54, 1.807) is 11.8 Å². The molecule has 5 aliphatic rings. The van der Waals surface area contributed by atoms with Gasteiger partial charge in [-0.25, -0.2) is 4.39 Å². The molecule has 164 valence electrons. The van der Waals surface area contributed by atoms with Crippen LogP contribution in [0.15, 0.2) is 23.2 Å². The number of anilines is 1. The monoisotopic (exact) mass is 471 g/mol. The minimum Gasteiger partial charge on any atom is -0.350 e. The smallest absolute Gasteiger partial charge is 0.226 e. The fourth-order valence-corrected chi connectivity index (χ4v) is 7.73. The maximum Gasteiger partial charge on any atom is 0.226 e. The summed E-state index contributed by atoms with van der Waals surface area (Å²) < 4.78 is 13.9. The number of hydrogen-bond acceptors (Lipinski definition) is 3. The molecule has 30 heavy (non-hydrogen) atoms. The molecule has 0 spiro atoms. The molecular weight excluding hydrogens is 444 g/mol. The van der Waals surface area contributed by atoms with Crippen molar-refractivity contribution in [1.82, 2.24) is 4.90 Å². The lowest BCUT2D eigenvalue weighted by Crippen LogP contribution is -2.50. The van der Waals surface area contributed by atoms with Crippen molar-refractivity contribution < 1.29 is 9.18 Å². The first-order chi connectivity index (χ1) is 13.9. The summed E-state index contributed by atoms with van der Waals surface area (Å²) in [6, 6.07) is 4.27. The number of nitrogens with one attached hydrogen (secondary N) is 1. The third-order valence-electron chi connectivity index (χ3n) is 7.22. The normalized spacial score (nSPS) is 35.6. The molecule has 4 nitrogen and oxygen atoms in total. The van der Waals surface area contributed by atoms with E-state index < -0.39 is 5.82 Å². The van der Waals surface area contributed by atoms with E-state index in [4.69, 9.17) is 16.6 Å². The number of hydrogen-bond donors (Lipinski definition) is 1. The van der Waals surface area contributed by atoms with Gasteiger partial charge in [-0.3, -0.25) is 9.79 Å². The average molecular weight is 472 g/mol. The van der Waals surface area contributed by atoms with Gasteiger partial charge in [0, 0.05) is 30.3 Å². The second kappa shape index (κ2) is 8.51. The first-order valence-corrected chi connectivity index (χ1v) is 12.0. The Morgan fingerprint density at radius 2 is 1.90 bits per heavy atom. The Balaban J connectivity index is 0.00000218. The van der Waals surface area contributed by atoms with Crippen LogP contribution in [-0.4, -0.2) is 40.4 Å². The molecule has 4 bridgehead atoms. The molecule has 6 rings (SSSR count). The largest absolute Gasteiger partial charge is 0.350 e. The van der Waals surface area contributed by atoms with Gasteiger partial charge in [0.25, 0.3) is 0 Å². The fraction of sp³-hybridized carbons (Fsp3) is 0.636. The first kappa shape index (κ1) is 22.2. The van der Waals surface area contributed by atoms with Crippen LogP contribution < -0.4 is 5.32 Å². The Labute approximate surface area is 192 Å². The fourth-order valence-electron chi connectivity index (χ4n) is 6.26. The summed E-state index contributed by atoms with van der Waals surface area (Å²) >= 11 is 7.68. The maximum absolute atomic E-state index is 13.9. The Kier molecular flexibility index (Phi) is 6.31.